The summed E-state index contributed by atoms with van der Waals surface area (Å²) in [7, 11) is 0. The molecule has 2 amide bonds. The van der Waals surface area contributed by atoms with Crippen molar-refractivity contribution in [3.05, 3.63) is 63.6 Å². The molecule has 0 bridgehead atoms. The summed E-state index contributed by atoms with van der Waals surface area (Å²) in [6, 6.07) is 12.3. The van der Waals surface area contributed by atoms with Gasteiger partial charge in [-0.15, -0.1) is 0 Å². The van der Waals surface area contributed by atoms with Crippen LogP contribution < -0.4 is 10.1 Å². The number of amides is 2. The van der Waals surface area contributed by atoms with Gasteiger partial charge in [-0.3, -0.25) is 9.59 Å². The van der Waals surface area contributed by atoms with Gasteiger partial charge in [-0.2, -0.15) is 0 Å². The zero-order valence-electron chi connectivity index (χ0n) is 19.4. The summed E-state index contributed by atoms with van der Waals surface area (Å²) in [6.45, 7) is 10.7. The number of halogens is 2. The van der Waals surface area contributed by atoms with Crippen LogP contribution >= 0.6 is 23.2 Å². The maximum Gasteiger partial charge on any atom is 0.261 e. The Morgan fingerprint density at radius 3 is 2.22 bits per heavy atom. The van der Waals surface area contributed by atoms with Crippen LogP contribution in [0.3, 0.4) is 0 Å². The Balaban J connectivity index is 2.20. The summed E-state index contributed by atoms with van der Waals surface area (Å²) in [5.74, 6) is 0.124. The molecule has 7 heteroatoms. The third-order valence-electron chi connectivity index (χ3n) is 5.16. The summed E-state index contributed by atoms with van der Waals surface area (Å²) >= 11 is 12.2. The van der Waals surface area contributed by atoms with Gasteiger partial charge >= 0.3 is 0 Å². The normalized spacial score (nSPS) is 12.2. The smallest absolute Gasteiger partial charge is 0.261 e. The van der Waals surface area contributed by atoms with E-state index in [0.717, 1.165) is 5.56 Å². The molecule has 0 fully saturated rings. The Morgan fingerprint density at radius 2 is 1.69 bits per heavy atom. The lowest BCUT2D eigenvalue weighted by molar-refractivity contribution is -0.142. The number of hydrogen-bond donors (Lipinski definition) is 1. The number of nitrogens with one attached hydrogen (secondary N) is 1. The van der Waals surface area contributed by atoms with E-state index in [1.165, 1.54) is 10.5 Å². The maximum absolute atomic E-state index is 13.2. The minimum Gasteiger partial charge on any atom is -0.484 e. The van der Waals surface area contributed by atoms with Crippen LogP contribution in [0.5, 0.6) is 5.75 Å². The minimum absolute atomic E-state index is 0.0337. The van der Waals surface area contributed by atoms with Crippen molar-refractivity contribution in [3.63, 3.8) is 0 Å². The Hall–Kier alpha value is -2.24. The van der Waals surface area contributed by atoms with E-state index in [9.17, 15) is 9.59 Å². The van der Waals surface area contributed by atoms with E-state index in [0.29, 0.717) is 28.8 Å². The Morgan fingerprint density at radius 1 is 1.03 bits per heavy atom. The van der Waals surface area contributed by atoms with E-state index >= 15 is 0 Å². The molecule has 0 saturated carbocycles. The second-order valence-electron chi connectivity index (χ2n) is 8.65. The summed E-state index contributed by atoms with van der Waals surface area (Å²) in [5, 5.41) is 3.65. The molecule has 2 rings (SSSR count). The molecule has 0 aliphatic heterocycles. The lowest BCUT2D eigenvalue weighted by Crippen LogP contribution is -2.50. The van der Waals surface area contributed by atoms with Gasteiger partial charge < -0.3 is 15.0 Å². The van der Waals surface area contributed by atoms with Gasteiger partial charge in [0.05, 0.1) is 10.0 Å². The fourth-order valence-electron chi connectivity index (χ4n) is 3.33. The zero-order valence-corrected chi connectivity index (χ0v) is 20.9. The second-order valence-corrected chi connectivity index (χ2v) is 9.47. The van der Waals surface area contributed by atoms with Crippen molar-refractivity contribution in [2.24, 2.45) is 0 Å². The molecule has 5 nitrogen and oxygen atoms in total. The molecule has 0 aromatic heterocycles. The Labute approximate surface area is 201 Å². The van der Waals surface area contributed by atoms with Crippen LogP contribution in [0.25, 0.3) is 0 Å². The molecule has 2 aromatic rings. The van der Waals surface area contributed by atoms with Crippen LogP contribution in [0.15, 0.2) is 42.5 Å². The van der Waals surface area contributed by atoms with Gasteiger partial charge in [0.15, 0.2) is 6.61 Å². The fraction of sp³-hybridized carbons (Fsp3) is 0.440. The molecule has 1 N–H and O–H groups in total. The van der Waals surface area contributed by atoms with Crippen molar-refractivity contribution >= 4 is 35.0 Å². The summed E-state index contributed by atoms with van der Waals surface area (Å²) in [4.78, 5) is 27.3. The van der Waals surface area contributed by atoms with E-state index in [-0.39, 0.29) is 30.4 Å². The lowest BCUT2D eigenvalue weighted by Gasteiger charge is -2.30. The SMILES string of the molecule is CCNC(=O)[C@@H](CC)N(Cc1ccc(Cl)c(Cl)c1)C(=O)COc1ccc(C(C)(C)C)cc1. The lowest BCUT2D eigenvalue weighted by atomic mass is 9.87. The van der Waals surface area contributed by atoms with Crippen molar-refractivity contribution in [1.29, 1.82) is 0 Å². The van der Waals surface area contributed by atoms with Crippen molar-refractivity contribution in [2.45, 2.75) is 59.0 Å². The molecule has 0 spiro atoms. The van der Waals surface area contributed by atoms with Crippen LogP contribution in [0.1, 0.15) is 52.2 Å². The highest BCUT2D eigenvalue weighted by molar-refractivity contribution is 6.42. The molecule has 0 radical (unpaired) electrons. The number of rotatable bonds is 9. The third kappa shape index (κ3) is 7.14. The van der Waals surface area contributed by atoms with Gasteiger partial charge in [0.1, 0.15) is 11.8 Å². The highest BCUT2D eigenvalue weighted by atomic mass is 35.5. The average molecular weight is 479 g/mol. The molecule has 1 atom stereocenters. The van der Waals surface area contributed by atoms with Crippen LogP contribution in [0, 0.1) is 0 Å². The number of ether oxygens (including phenoxy) is 1. The predicted molar refractivity (Wildman–Crippen MR) is 130 cm³/mol. The Bertz CT molecular complexity index is 924. The van der Waals surface area contributed by atoms with Gasteiger partial charge in [0.25, 0.3) is 5.91 Å². The number of nitrogens with zero attached hydrogens (tertiary/aromatic N) is 1. The first-order valence-corrected chi connectivity index (χ1v) is 11.6. The molecular weight excluding hydrogens is 447 g/mol. The van der Waals surface area contributed by atoms with Crippen molar-refractivity contribution in [3.8, 4) is 5.75 Å². The maximum atomic E-state index is 13.2. The average Bonchev–Trinajstić information content (AvgIpc) is 2.74. The monoisotopic (exact) mass is 478 g/mol. The van der Waals surface area contributed by atoms with Crippen molar-refractivity contribution in [2.75, 3.05) is 13.2 Å². The first-order chi connectivity index (χ1) is 15.1. The summed E-state index contributed by atoms with van der Waals surface area (Å²) in [6.07, 6.45) is 0.471. The first-order valence-electron chi connectivity index (χ1n) is 10.8. The number of benzene rings is 2. The van der Waals surface area contributed by atoms with Gasteiger partial charge in [0, 0.05) is 13.1 Å². The molecule has 32 heavy (non-hydrogen) atoms. The van der Waals surface area contributed by atoms with E-state index in [4.69, 9.17) is 27.9 Å². The summed E-state index contributed by atoms with van der Waals surface area (Å²) in [5.41, 5.74) is 2.00. The molecule has 2 aromatic carbocycles. The van der Waals surface area contributed by atoms with E-state index in [2.05, 4.69) is 26.1 Å². The van der Waals surface area contributed by atoms with Crippen molar-refractivity contribution in [1.82, 2.24) is 10.2 Å². The van der Waals surface area contributed by atoms with Crippen LogP contribution in [-0.2, 0) is 21.5 Å². The largest absolute Gasteiger partial charge is 0.484 e. The molecule has 0 heterocycles. The van der Waals surface area contributed by atoms with E-state index in [1.54, 1.807) is 18.2 Å². The molecule has 0 aliphatic rings. The topological polar surface area (TPSA) is 58.6 Å². The van der Waals surface area contributed by atoms with Gasteiger partial charge in [-0.1, -0.05) is 69.1 Å². The number of carbonyl (C=O) groups excluding carboxylic acids is 2. The minimum atomic E-state index is -0.622. The second kappa shape index (κ2) is 11.6. The van der Waals surface area contributed by atoms with E-state index < -0.39 is 6.04 Å². The highest BCUT2D eigenvalue weighted by Gasteiger charge is 2.28. The van der Waals surface area contributed by atoms with Crippen molar-refractivity contribution < 1.29 is 14.3 Å². The highest BCUT2D eigenvalue weighted by Crippen LogP contribution is 2.25. The summed E-state index contributed by atoms with van der Waals surface area (Å²) < 4.78 is 5.76. The van der Waals surface area contributed by atoms with Crippen LogP contribution in [-0.4, -0.2) is 35.9 Å². The molecule has 174 valence electrons. The first kappa shape index (κ1) is 26.0. The number of likely N-dealkylation sites (N-methyl/N-ethyl adjacent to an activating group) is 1. The number of hydrogen-bond acceptors (Lipinski definition) is 3. The van der Waals surface area contributed by atoms with Gasteiger partial charge in [-0.05, 0) is 54.2 Å². The fourth-order valence-corrected chi connectivity index (χ4v) is 3.65. The standard InChI is InChI=1S/C25H32Cl2N2O3/c1-6-22(24(31)28-7-2)29(15-17-8-13-20(26)21(27)14-17)23(30)16-32-19-11-9-18(10-12-19)25(3,4)5/h8-14,22H,6-7,15-16H2,1-5H3,(H,28,31)/t22-/m1/s1. The van der Waals surface area contributed by atoms with Gasteiger partial charge in [0.2, 0.25) is 5.91 Å². The van der Waals surface area contributed by atoms with Crippen LogP contribution in [0.2, 0.25) is 10.0 Å². The van der Waals surface area contributed by atoms with Gasteiger partial charge in [-0.25, -0.2) is 0 Å². The van der Waals surface area contributed by atoms with Crippen LogP contribution in [0.4, 0.5) is 0 Å². The molecule has 0 saturated heterocycles. The zero-order chi connectivity index (χ0) is 23.9. The number of carbonyl (C=O) groups is 2. The van der Waals surface area contributed by atoms with E-state index in [1.807, 2.05) is 38.1 Å². The predicted octanol–water partition coefficient (Wildman–Crippen LogP) is 5.61. The third-order valence-corrected chi connectivity index (χ3v) is 5.90. The quantitative estimate of drug-likeness (QED) is 0.509. The molecule has 0 aliphatic carbocycles. The Kier molecular flexibility index (Phi) is 9.41. The molecule has 0 unspecified atom stereocenters. The molecular formula is C25H32Cl2N2O3.